The molecule has 2 N–H and O–H groups in total. The summed E-state index contributed by atoms with van der Waals surface area (Å²) in [7, 11) is 0. The number of morpholine rings is 1. The van der Waals surface area contributed by atoms with Crippen LogP contribution in [0, 0.1) is 0 Å². The molecule has 4 aromatic heterocycles. The Morgan fingerprint density at radius 3 is 2.60 bits per heavy atom. The van der Waals surface area contributed by atoms with Crippen molar-refractivity contribution in [2.45, 2.75) is 38.1 Å². The lowest BCUT2D eigenvalue weighted by Gasteiger charge is -2.26. The molecule has 5 heterocycles. The molecule has 2 fully saturated rings. The molecule has 6 rings (SSSR count). The van der Waals surface area contributed by atoms with Crippen molar-refractivity contribution in [3.05, 3.63) is 53.4 Å². The number of ether oxygens (including phenoxy) is 1. The minimum absolute atomic E-state index is 0.563. The molecule has 0 spiro atoms. The third kappa shape index (κ3) is 5.39. The van der Waals surface area contributed by atoms with E-state index in [4.69, 9.17) is 9.72 Å². The minimum atomic E-state index is 0.563. The maximum Gasteiger partial charge on any atom is 0.211 e. The van der Waals surface area contributed by atoms with Crippen molar-refractivity contribution < 1.29 is 4.74 Å². The van der Waals surface area contributed by atoms with Gasteiger partial charge in [-0.2, -0.15) is 0 Å². The van der Waals surface area contributed by atoms with Crippen LogP contribution in [0.1, 0.15) is 42.3 Å². The van der Waals surface area contributed by atoms with Crippen molar-refractivity contribution in [1.82, 2.24) is 30.0 Å². The predicted octanol–water partition coefficient (Wildman–Crippen LogP) is 4.85. The highest BCUT2D eigenvalue weighted by Gasteiger charge is 2.21. The highest BCUT2D eigenvalue weighted by Crippen LogP contribution is 2.37. The molecule has 0 aromatic carbocycles. The summed E-state index contributed by atoms with van der Waals surface area (Å²) in [5.41, 5.74) is 4.48. The van der Waals surface area contributed by atoms with Crippen LogP contribution in [0.5, 0.6) is 0 Å². The number of pyridine rings is 3. The molecule has 2 aliphatic rings. The molecule has 0 radical (unpaired) electrons. The molecule has 0 bridgehead atoms. The van der Waals surface area contributed by atoms with Crippen LogP contribution < -0.4 is 10.6 Å². The molecular weight excluding hydrogens is 460 g/mol. The topological polar surface area (TPSA) is 101 Å². The van der Waals surface area contributed by atoms with E-state index < -0.39 is 0 Å². The van der Waals surface area contributed by atoms with Gasteiger partial charge in [-0.15, -0.1) is 10.2 Å². The average Bonchev–Trinajstić information content (AvgIpc) is 3.58. The molecule has 35 heavy (non-hydrogen) atoms. The Morgan fingerprint density at radius 2 is 1.77 bits per heavy atom. The summed E-state index contributed by atoms with van der Waals surface area (Å²) in [6.07, 6.45) is 8.70. The van der Waals surface area contributed by atoms with Crippen molar-refractivity contribution in [2.75, 3.05) is 36.9 Å². The van der Waals surface area contributed by atoms with E-state index in [2.05, 4.69) is 47.8 Å². The number of anilines is 4. The standard InChI is InChI=1S/C25H28N8OS/c1-2-4-17(3-1)24-31-32-25(35-24)30-23-8-7-21-22(29-23)13-20(15-27-21)28-18-5-6-19(26-14-18)16-33-9-11-34-12-10-33/h5-8,13-15,17,28H,1-4,9-12,16H2,(H,29,30,32). The Kier molecular flexibility index (Phi) is 6.48. The van der Waals surface area contributed by atoms with Crippen molar-refractivity contribution in [2.24, 2.45) is 0 Å². The molecular formula is C25H28N8OS. The summed E-state index contributed by atoms with van der Waals surface area (Å²) in [6.45, 7) is 4.34. The van der Waals surface area contributed by atoms with Gasteiger partial charge in [-0.25, -0.2) is 4.98 Å². The van der Waals surface area contributed by atoms with E-state index in [9.17, 15) is 0 Å². The van der Waals surface area contributed by atoms with E-state index >= 15 is 0 Å². The van der Waals surface area contributed by atoms with Gasteiger partial charge in [0.15, 0.2) is 0 Å². The summed E-state index contributed by atoms with van der Waals surface area (Å²) >= 11 is 1.63. The Morgan fingerprint density at radius 1 is 0.914 bits per heavy atom. The van der Waals surface area contributed by atoms with E-state index in [1.165, 1.54) is 25.7 Å². The lowest BCUT2D eigenvalue weighted by Crippen LogP contribution is -2.35. The van der Waals surface area contributed by atoms with Crippen LogP contribution in [-0.4, -0.2) is 56.4 Å². The monoisotopic (exact) mass is 488 g/mol. The van der Waals surface area contributed by atoms with Crippen LogP contribution >= 0.6 is 11.3 Å². The van der Waals surface area contributed by atoms with Crippen molar-refractivity contribution >= 4 is 44.7 Å². The average molecular weight is 489 g/mol. The number of fused-ring (bicyclic) bond motifs is 1. The number of nitrogens with one attached hydrogen (secondary N) is 2. The van der Waals surface area contributed by atoms with Gasteiger partial charge in [-0.3, -0.25) is 14.9 Å². The van der Waals surface area contributed by atoms with Gasteiger partial charge in [0.1, 0.15) is 10.8 Å². The first kappa shape index (κ1) is 22.3. The van der Waals surface area contributed by atoms with Gasteiger partial charge in [-0.05, 0) is 43.2 Å². The van der Waals surface area contributed by atoms with Crippen LogP contribution in [-0.2, 0) is 11.3 Å². The van der Waals surface area contributed by atoms with Crippen LogP contribution in [0.25, 0.3) is 11.0 Å². The summed E-state index contributed by atoms with van der Waals surface area (Å²) in [5.74, 6) is 1.30. The second-order valence-electron chi connectivity index (χ2n) is 9.06. The lowest BCUT2D eigenvalue weighted by atomic mass is 10.1. The fourth-order valence-corrected chi connectivity index (χ4v) is 5.54. The molecule has 0 amide bonds. The van der Waals surface area contributed by atoms with Gasteiger partial charge in [0, 0.05) is 25.6 Å². The Bertz CT molecular complexity index is 1280. The van der Waals surface area contributed by atoms with E-state index in [-0.39, 0.29) is 0 Å². The first-order valence-electron chi connectivity index (χ1n) is 12.2. The van der Waals surface area contributed by atoms with Crippen LogP contribution in [0.2, 0.25) is 0 Å². The maximum atomic E-state index is 5.42. The molecule has 10 heteroatoms. The molecule has 1 aliphatic heterocycles. The van der Waals surface area contributed by atoms with Gasteiger partial charge in [0.2, 0.25) is 5.13 Å². The number of nitrogens with zero attached hydrogens (tertiary/aromatic N) is 6. The van der Waals surface area contributed by atoms with Gasteiger partial charge in [-0.1, -0.05) is 24.2 Å². The predicted molar refractivity (Wildman–Crippen MR) is 138 cm³/mol. The van der Waals surface area contributed by atoms with Crippen LogP contribution in [0.3, 0.4) is 0 Å². The molecule has 1 saturated carbocycles. The van der Waals surface area contributed by atoms with E-state index in [0.29, 0.717) is 5.92 Å². The van der Waals surface area contributed by atoms with E-state index in [1.54, 1.807) is 11.3 Å². The summed E-state index contributed by atoms with van der Waals surface area (Å²) in [5, 5.41) is 17.3. The SMILES string of the molecule is c1cc(CN2CCOCC2)ncc1Nc1cnc2ccc(Nc3nnc(C4CCCC4)s3)nc2c1. The molecule has 0 unspecified atom stereocenters. The van der Waals surface area contributed by atoms with Crippen molar-refractivity contribution in [3.63, 3.8) is 0 Å². The summed E-state index contributed by atoms with van der Waals surface area (Å²) in [6, 6.07) is 10.0. The zero-order valence-electron chi connectivity index (χ0n) is 19.5. The maximum absolute atomic E-state index is 5.42. The summed E-state index contributed by atoms with van der Waals surface area (Å²) in [4.78, 5) is 16.3. The zero-order chi connectivity index (χ0) is 23.5. The third-order valence-corrected chi connectivity index (χ3v) is 7.52. The highest BCUT2D eigenvalue weighted by molar-refractivity contribution is 7.15. The number of hydrogen-bond acceptors (Lipinski definition) is 10. The number of hydrogen-bond donors (Lipinski definition) is 2. The van der Waals surface area contributed by atoms with E-state index in [0.717, 1.165) is 76.9 Å². The normalized spacial score (nSPS) is 17.1. The molecule has 1 saturated heterocycles. The smallest absolute Gasteiger partial charge is 0.211 e. The number of aromatic nitrogens is 5. The van der Waals surface area contributed by atoms with Gasteiger partial charge in [0.05, 0.1) is 53.7 Å². The van der Waals surface area contributed by atoms with Crippen LogP contribution in [0.4, 0.5) is 22.3 Å². The molecule has 180 valence electrons. The second-order valence-corrected chi connectivity index (χ2v) is 10.1. The third-order valence-electron chi connectivity index (χ3n) is 6.52. The Hall–Kier alpha value is -3.21. The largest absolute Gasteiger partial charge is 0.379 e. The van der Waals surface area contributed by atoms with Gasteiger partial charge >= 0.3 is 0 Å². The molecule has 9 nitrogen and oxygen atoms in total. The van der Waals surface area contributed by atoms with Crippen molar-refractivity contribution in [1.29, 1.82) is 0 Å². The molecule has 4 aromatic rings. The first-order valence-corrected chi connectivity index (χ1v) is 13.0. The number of rotatable bonds is 7. The van der Waals surface area contributed by atoms with Gasteiger partial charge < -0.3 is 15.4 Å². The fraction of sp³-hybridized carbons (Fsp3) is 0.400. The van der Waals surface area contributed by atoms with Crippen molar-refractivity contribution in [3.8, 4) is 0 Å². The highest BCUT2D eigenvalue weighted by atomic mass is 32.1. The molecule has 0 atom stereocenters. The fourth-order valence-electron chi connectivity index (χ4n) is 4.62. The Balaban J connectivity index is 1.12. The first-order chi connectivity index (χ1) is 17.3. The van der Waals surface area contributed by atoms with E-state index in [1.807, 2.05) is 30.6 Å². The zero-order valence-corrected chi connectivity index (χ0v) is 20.3. The minimum Gasteiger partial charge on any atom is -0.379 e. The second kappa shape index (κ2) is 10.2. The Labute approximate surface area is 208 Å². The summed E-state index contributed by atoms with van der Waals surface area (Å²) < 4.78 is 5.42. The van der Waals surface area contributed by atoms with Crippen LogP contribution in [0.15, 0.2) is 42.7 Å². The lowest BCUT2D eigenvalue weighted by molar-refractivity contribution is 0.0336. The quantitative estimate of drug-likeness (QED) is 0.378. The molecule has 1 aliphatic carbocycles. The van der Waals surface area contributed by atoms with Gasteiger partial charge in [0.25, 0.3) is 0 Å².